The highest BCUT2D eigenvalue weighted by molar-refractivity contribution is 7.08. The van der Waals surface area contributed by atoms with Crippen LogP contribution in [-0.4, -0.2) is 29.8 Å². The molecule has 6 nitrogen and oxygen atoms in total. The number of carbonyl (C=O) groups is 2. The number of hydrogen-bond donors (Lipinski definition) is 3. The summed E-state index contributed by atoms with van der Waals surface area (Å²) in [6.07, 6.45) is 2.55. The van der Waals surface area contributed by atoms with E-state index in [4.69, 9.17) is 0 Å². The fourth-order valence-electron chi connectivity index (χ4n) is 5.38. The zero-order valence-corrected chi connectivity index (χ0v) is 23.3. The van der Waals surface area contributed by atoms with Crippen LogP contribution in [0.4, 0.5) is 11.4 Å². The Morgan fingerprint density at radius 3 is 2.48 bits per heavy atom. The lowest BCUT2D eigenvalue weighted by Crippen LogP contribution is -2.26. The number of likely N-dealkylation sites (tertiary alicyclic amines) is 1. The van der Waals surface area contributed by atoms with Gasteiger partial charge in [0.25, 0.3) is 11.8 Å². The summed E-state index contributed by atoms with van der Waals surface area (Å²) >= 11 is 1.58. The van der Waals surface area contributed by atoms with Gasteiger partial charge >= 0.3 is 0 Å². The Bertz CT molecular complexity index is 1540. The Morgan fingerprint density at radius 1 is 0.975 bits per heavy atom. The minimum absolute atomic E-state index is 0.145. The number of fused-ring (bicyclic) bond motifs is 1. The van der Waals surface area contributed by atoms with Crippen LogP contribution in [-0.2, 0) is 11.3 Å². The molecule has 1 fully saturated rings. The van der Waals surface area contributed by atoms with E-state index in [1.54, 1.807) is 23.5 Å². The number of anilines is 2. The lowest BCUT2D eigenvalue weighted by molar-refractivity contribution is -0.110. The van der Waals surface area contributed by atoms with Crippen molar-refractivity contribution in [2.45, 2.75) is 32.4 Å². The third-order valence-electron chi connectivity index (χ3n) is 7.56. The molecular weight excluding hydrogens is 516 g/mol. The van der Waals surface area contributed by atoms with Gasteiger partial charge in [-0.2, -0.15) is 11.3 Å². The number of rotatable bonds is 8. The van der Waals surface area contributed by atoms with Gasteiger partial charge in [-0.15, -0.1) is 0 Å². The highest BCUT2D eigenvalue weighted by Gasteiger charge is 2.30. The van der Waals surface area contributed by atoms with Crippen LogP contribution in [0.25, 0.3) is 11.3 Å². The molecule has 1 aromatic heterocycles. The topological polar surface area (TPSA) is 73.5 Å². The van der Waals surface area contributed by atoms with Crippen LogP contribution >= 0.6 is 11.3 Å². The van der Waals surface area contributed by atoms with Crippen molar-refractivity contribution in [1.82, 2.24) is 10.2 Å². The normalized spacial score (nSPS) is 16.8. The molecule has 202 valence electrons. The van der Waals surface area contributed by atoms with Gasteiger partial charge in [0.15, 0.2) is 0 Å². The summed E-state index contributed by atoms with van der Waals surface area (Å²) in [5.41, 5.74) is 7.31. The molecular formula is C33H32N4O2S. The maximum atomic E-state index is 13.3. The third kappa shape index (κ3) is 5.57. The van der Waals surface area contributed by atoms with Crippen molar-refractivity contribution in [3.8, 4) is 0 Å². The number of hydrogen-bond acceptors (Lipinski definition) is 5. The number of carbonyl (C=O) groups excluding carboxylic acids is 2. The lowest BCUT2D eigenvalue weighted by atomic mass is 9.99. The summed E-state index contributed by atoms with van der Waals surface area (Å²) in [4.78, 5) is 29.0. The Hall–Kier alpha value is -4.20. The van der Waals surface area contributed by atoms with Crippen LogP contribution in [0.5, 0.6) is 0 Å². The molecule has 1 atom stereocenters. The van der Waals surface area contributed by atoms with Crippen LogP contribution in [0.15, 0.2) is 89.6 Å². The molecule has 1 saturated heterocycles. The molecule has 2 aliphatic heterocycles. The molecule has 3 N–H and O–H groups in total. The van der Waals surface area contributed by atoms with Crippen molar-refractivity contribution < 1.29 is 9.59 Å². The smallest absolute Gasteiger partial charge is 0.258 e. The second kappa shape index (κ2) is 11.5. The second-order valence-electron chi connectivity index (χ2n) is 10.4. The maximum Gasteiger partial charge on any atom is 0.258 e. The highest BCUT2D eigenvalue weighted by atomic mass is 32.1. The van der Waals surface area contributed by atoms with Crippen molar-refractivity contribution >= 4 is 45.8 Å². The average molecular weight is 549 g/mol. The first-order valence-corrected chi connectivity index (χ1v) is 14.7. The molecule has 0 spiro atoms. The van der Waals surface area contributed by atoms with Gasteiger partial charge in [0, 0.05) is 40.0 Å². The van der Waals surface area contributed by atoms with E-state index in [1.165, 1.54) is 18.4 Å². The Kier molecular flexibility index (Phi) is 7.49. The molecule has 0 saturated carbocycles. The van der Waals surface area contributed by atoms with Crippen LogP contribution in [0.2, 0.25) is 0 Å². The molecule has 0 radical (unpaired) electrons. The monoisotopic (exact) mass is 548 g/mol. The zero-order chi connectivity index (χ0) is 27.5. The van der Waals surface area contributed by atoms with E-state index in [9.17, 15) is 9.59 Å². The van der Waals surface area contributed by atoms with E-state index in [0.29, 0.717) is 22.4 Å². The first kappa shape index (κ1) is 26.0. The third-order valence-corrected chi connectivity index (χ3v) is 8.24. The van der Waals surface area contributed by atoms with Gasteiger partial charge in [0.05, 0.1) is 17.3 Å². The summed E-state index contributed by atoms with van der Waals surface area (Å²) in [5.74, 6) is -0.374. The van der Waals surface area contributed by atoms with Gasteiger partial charge in [0.2, 0.25) is 0 Å². The van der Waals surface area contributed by atoms with Crippen LogP contribution in [0, 0.1) is 0 Å². The van der Waals surface area contributed by atoms with Crippen molar-refractivity contribution in [3.63, 3.8) is 0 Å². The fraction of sp³-hybridized carbons (Fsp3) is 0.212. The summed E-state index contributed by atoms with van der Waals surface area (Å²) < 4.78 is 0. The first-order valence-electron chi connectivity index (χ1n) is 13.7. The largest absolute Gasteiger partial charge is 0.354 e. The second-order valence-corrected chi connectivity index (χ2v) is 11.2. The molecule has 0 aliphatic carbocycles. The van der Waals surface area contributed by atoms with Crippen molar-refractivity contribution in [2.24, 2.45) is 0 Å². The molecule has 4 aromatic rings. The van der Waals surface area contributed by atoms with Gasteiger partial charge in [-0.25, -0.2) is 0 Å². The van der Waals surface area contributed by atoms with Crippen LogP contribution < -0.4 is 16.0 Å². The fourth-order valence-corrected chi connectivity index (χ4v) is 6.03. The Balaban J connectivity index is 1.30. The molecule has 3 heterocycles. The number of nitrogens with zero attached hydrogens (tertiary/aromatic N) is 1. The molecule has 0 unspecified atom stereocenters. The molecule has 3 aromatic carbocycles. The van der Waals surface area contributed by atoms with E-state index < -0.39 is 0 Å². The summed E-state index contributed by atoms with van der Waals surface area (Å²) in [7, 11) is 0. The number of benzene rings is 3. The first-order chi connectivity index (χ1) is 19.5. The molecule has 2 aliphatic rings. The van der Waals surface area contributed by atoms with Gasteiger partial charge in [-0.05, 0) is 85.8 Å². The Morgan fingerprint density at radius 2 is 1.75 bits per heavy atom. The minimum Gasteiger partial charge on any atom is -0.354 e. The molecule has 2 amide bonds. The predicted octanol–water partition coefficient (Wildman–Crippen LogP) is 6.77. The van der Waals surface area contributed by atoms with E-state index in [-0.39, 0.29) is 17.9 Å². The highest BCUT2D eigenvalue weighted by Crippen LogP contribution is 2.38. The molecule has 6 rings (SSSR count). The van der Waals surface area contributed by atoms with Crippen molar-refractivity contribution in [3.05, 3.63) is 117 Å². The van der Waals surface area contributed by atoms with E-state index >= 15 is 0 Å². The van der Waals surface area contributed by atoms with Crippen molar-refractivity contribution in [1.29, 1.82) is 0 Å². The molecule has 7 heteroatoms. The van der Waals surface area contributed by atoms with Gasteiger partial charge in [0.1, 0.15) is 0 Å². The van der Waals surface area contributed by atoms with Crippen LogP contribution in [0.1, 0.15) is 58.4 Å². The minimum atomic E-state index is -0.190. The van der Waals surface area contributed by atoms with Crippen molar-refractivity contribution in [2.75, 3.05) is 23.7 Å². The van der Waals surface area contributed by atoms with Gasteiger partial charge < -0.3 is 16.0 Å². The van der Waals surface area contributed by atoms with E-state index in [0.717, 1.165) is 42.1 Å². The zero-order valence-electron chi connectivity index (χ0n) is 22.4. The van der Waals surface area contributed by atoms with E-state index in [2.05, 4.69) is 45.1 Å². The number of nitrogens with one attached hydrogen (secondary N) is 3. The van der Waals surface area contributed by atoms with Gasteiger partial charge in [-0.3, -0.25) is 14.5 Å². The maximum absolute atomic E-state index is 13.3. The SMILES string of the molecule is C[C@@H](NC(=O)c1ccc2c(c1)/C(=C(/Nc1ccc(CN3CCCC3)cc1)c1ccsc1)C(=O)N2)c1ccccc1. The average Bonchev–Trinajstić information content (AvgIpc) is 3.75. The lowest BCUT2D eigenvalue weighted by Gasteiger charge is -2.17. The quantitative estimate of drug-likeness (QED) is 0.213. The predicted molar refractivity (Wildman–Crippen MR) is 163 cm³/mol. The Labute approximate surface area is 238 Å². The van der Waals surface area contributed by atoms with Crippen LogP contribution in [0.3, 0.4) is 0 Å². The standard InChI is InChI=1S/C33H32N4O2S/c1-22(24-7-3-2-4-8-24)34-32(38)25-11-14-29-28(19-25)30(33(39)36-29)31(26-15-18-40-21-26)35-27-12-9-23(10-13-27)20-37-16-5-6-17-37/h2-4,7-15,18-19,21-22,35H,5-6,16-17,20H2,1H3,(H,34,38)(H,36,39)/b31-30-/t22-/m1/s1. The van der Waals surface area contributed by atoms with E-state index in [1.807, 2.05) is 60.1 Å². The molecule has 40 heavy (non-hydrogen) atoms. The summed E-state index contributed by atoms with van der Waals surface area (Å²) in [6.45, 7) is 5.25. The summed E-state index contributed by atoms with van der Waals surface area (Å²) in [6, 6.07) is 25.5. The molecule has 0 bridgehead atoms. The summed E-state index contributed by atoms with van der Waals surface area (Å²) in [5, 5.41) is 13.6. The number of amides is 2. The van der Waals surface area contributed by atoms with Gasteiger partial charge in [-0.1, -0.05) is 42.5 Å². The number of thiophene rings is 1.